The fraction of sp³-hybridized carbons (Fsp3) is 0.200. The molecule has 0 saturated carbocycles. The Morgan fingerprint density at radius 2 is 0.897 bits per heavy atom. The maximum Gasteiger partial charge on any atom is 0.147 e. The molecule has 0 bridgehead atoms. The van der Waals surface area contributed by atoms with Crippen LogP contribution in [-0.2, 0) is 9.47 Å². The second kappa shape index (κ2) is 9.92. The Morgan fingerprint density at radius 3 is 1.38 bits per heavy atom. The van der Waals surface area contributed by atoms with Crippen molar-refractivity contribution in [1.82, 2.24) is 0 Å². The van der Waals surface area contributed by atoms with Gasteiger partial charge in [-0.1, -0.05) is 60.7 Å². The van der Waals surface area contributed by atoms with Gasteiger partial charge in [0.15, 0.2) is 0 Å². The number of ether oxygens (including phenoxy) is 4. The first kappa shape index (κ1) is 19.2. The molecule has 4 nitrogen and oxygen atoms in total. The van der Waals surface area contributed by atoms with Gasteiger partial charge in [-0.05, 0) is 45.8 Å². The van der Waals surface area contributed by atoms with E-state index in [0.29, 0.717) is 26.4 Å². The Bertz CT molecular complexity index is 975. The maximum absolute atomic E-state index is 5.73. The van der Waals surface area contributed by atoms with Crippen molar-refractivity contribution in [2.24, 2.45) is 0 Å². The summed E-state index contributed by atoms with van der Waals surface area (Å²) in [6.45, 7) is 2.13. The summed E-state index contributed by atoms with van der Waals surface area (Å²) in [5.74, 6) is 1.69. The van der Waals surface area contributed by atoms with E-state index in [1.165, 1.54) is 21.5 Å². The SMILES string of the molecule is c1ccc2cc(OCCOCOCCOc3ccc4ccccc4c3)ccc2c1. The number of benzene rings is 4. The summed E-state index contributed by atoms with van der Waals surface area (Å²) in [4.78, 5) is 0. The molecule has 0 fully saturated rings. The highest BCUT2D eigenvalue weighted by Gasteiger charge is 1.99. The summed E-state index contributed by atoms with van der Waals surface area (Å²) in [7, 11) is 0. The Hall–Kier alpha value is -3.08. The lowest BCUT2D eigenvalue weighted by Crippen LogP contribution is -2.12. The first-order chi connectivity index (χ1) is 14.4. The Morgan fingerprint density at radius 1 is 0.448 bits per heavy atom. The topological polar surface area (TPSA) is 36.9 Å². The molecule has 4 aromatic rings. The van der Waals surface area contributed by atoms with E-state index in [0.717, 1.165) is 11.5 Å². The van der Waals surface area contributed by atoms with Crippen LogP contribution in [-0.4, -0.2) is 33.2 Å². The molecule has 0 aromatic heterocycles. The van der Waals surface area contributed by atoms with E-state index in [4.69, 9.17) is 18.9 Å². The van der Waals surface area contributed by atoms with Crippen LogP contribution in [0.3, 0.4) is 0 Å². The molecular weight excluding hydrogens is 364 g/mol. The molecule has 0 heterocycles. The molecule has 0 aliphatic heterocycles. The van der Waals surface area contributed by atoms with Crippen molar-refractivity contribution in [3.8, 4) is 11.5 Å². The van der Waals surface area contributed by atoms with E-state index < -0.39 is 0 Å². The average molecular weight is 388 g/mol. The van der Waals surface area contributed by atoms with Crippen molar-refractivity contribution >= 4 is 21.5 Å². The lowest BCUT2D eigenvalue weighted by Gasteiger charge is -2.10. The Balaban J connectivity index is 1.08. The van der Waals surface area contributed by atoms with Crippen LogP contribution in [0.25, 0.3) is 21.5 Å². The number of rotatable bonds is 10. The standard InChI is InChI=1S/C25H24O4/c1-3-7-22-17-24(11-9-20(22)5-1)28-15-13-26-19-27-14-16-29-25-12-10-21-6-2-4-8-23(21)18-25/h1-12,17-18H,13-16,19H2. The zero-order valence-corrected chi connectivity index (χ0v) is 16.3. The molecule has 29 heavy (non-hydrogen) atoms. The van der Waals surface area contributed by atoms with Gasteiger partial charge in [0, 0.05) is 0 Å². The van der Waals surface area contributed by atoms with Crippen LogP contribution in [0.5, 0.6) is 11.5 Å². The van der Waals surface area contributed by atoms with Gasteiger partial charge in [0.1, 0.15) is 31.5 Å². The van der Waals surface area contributed by atoms with Gasteiger partial charge in [0.2, 0.25) is 0 Å². The van der Waals surface area contributed by atoms with Gasteiger partial charge < -0.3 is 18.9 Å². The molecule has 0 aliphatic rings. The zero-order valence-electron chi connectivity index (χ0n) is 16.3. The second-order valence-electron chi connectivity index (χ2n) is 6.65. The third-order valence-electron chi connectivity index (χ3n) is 4.60. The van der Waals surface area contributed by atoms with E-state index in [2.05, 4.69) is 36.4 Å². The van der Waals surface area contributed by atoms with Crippen LogP contribution >= 0.6 is 0 Å². The molecule has 0 unspecified atom stereocenters. The largest absolute Gasteiger partial charge is 0.491 e. The summed E-state index contributed by atoms with van der Waals surface area (Å²) in [5, 5.41) is 4.74. The van der Waals surface area contributed by atoms with Crippen LogP contribution in [0, 0.1) is 0 Å². The van der Waals surface area contributed by atoms with Gasteiger partial charge in [-0.15, -0.1) is 0 Å². The average Bonchev–Trinajstić information content (AvgIpc) is 2.77. The monoisotopic (exact) mass is 388 g/mol. The van der Waals surface area contributed by atoms with Crippen molar-refractivity contribution in [2.75, 3.05) is 33.2 Å². The maximum atomic E-state index is 5.73. The second-order valence-corrected chi connectivity index (χ2v) is 6.65. The van der Waals surface area contributed by atoms with Gasteiger partial charge in [-0.3, -0.25) is 0 Å². The zero-order chi connectivity index (χ0) is 19.7. The molecule has 4 rings (SSSR count). The number of hydrogen-bond acceptors (Lipinski definition) is 4. The van der Waals surface area contributed by atoms with Gasteiger partial charge in [0.25, 0.3) is 0 Å². The highest BCUT2D eigenvalue weighted by atomic mass is 16.7. The van der Waals surface area contributed by atoms with Crippen molar-refractivity contribution in [3.63, 3.8) is 0 Å². The smallest absolute Gasteiger partial charge is 0.147 e. The molecule has 0 atom stereocenters. The van der Waals surface area contributed by atoms with E-state index in [1.807, 2.05) is 48.5 Å². The van der Waals surface area contributed by atoms with Gasteiger partial charge in [-0.25, -0.2) is 0 Å². The minimum Gasteiger partial charge on any atom is -0.491 e. The van der Waals surface area contributed by atoms with Crippen LogP contribution in [0.2, 0.25) is 0 Å². The van der Waals surface area contributed by atoms with E-state index in [9.17, 15) is 0 Å². The third kappa shape index (κ3) is 5.47. The summed E-state index contributed by atoms with van der Waals surface area (Å²) in [5.41, 5.74) is 0. The molecule has 0 radical (unpaired) electrons. The van der Waals surface area contributed by atoms with Gasteiger partial charge >= 0.3 is 0 Å². The van der Waals surface area contributed by atoms with Crippen molar-refractivity contribution in [3.05, 3.63) is 84.9 Å². The minimum atomic E-state index is 0.224. The highest BCUT2D eigenvalue weighted by Crippen LogP contribution is 2.21. The third-order valence-corrected chi connectivity index (χ3v) is 4.60. The lowest BCUT2D eigenvalue weighted by molar-refractivity contribution is -0.0662. The van der Waals surface area contributed by atoms with Crippen LogP contribution < -0.4 is 9.47 Å². The predicted octanol–water partition coefficient (Wildman–Crippen LogP) is 5.44. The summed E-state index contributed by atoms with van der Waals surface area (Å²) >= 11 is 0. The summed E-state index contributed by atoms with van der Waals surface area (Å²) < 4.78 is 22.4. The first-order valence-corrected chi connectivity index (χ1v) is 9.77. The van der Waals surface area contributed by atoms with Gasteiger partial charge in [-0.2, -0.15) is 0 Å². The molecule has 0 amide bonds. The number of hydrogen-bond donors (Lipinski definition) is 0. The van der Waals surface area contributed by atoms with Crippen molar-refractivity contribution in [1.29, 1.82) is 0 Å². The van der Waals surface area contributed by atoms with Crippen LogP contribution in [0.4, 0.5) is 0 Å². The lowest BCUT2D eigenvalue weighted by atomic mass is 10.1. The molecule has 4 aromatic carbocycles. The molecular formula is C25H24O4. The van der Waals surface area contributed by atoms with Gasteiger partial charge in [0.05, 0.1) is 13.2 Å². The summed E-state index contributed by atoms with van der Waals surface area (Å²) in [6.07, 6.45) is 0. The minimum absolute atomic E-state index is 0.224. The normalized spacial score (nSPS) is 11.0. The van der Waals surface area contributed by atoms with E-state index >= 15 is 0 Å². The van der Waals surface area contributed by atoms with Crippen LogP contribution in [0.1, 0.15) is 0 Å². The molecule has 4 heteroatoms. The molecule has 148 valence electrons. The fourth-order valence-electron chi connectivity index (χ4n) is 3.13. The van der Waals surface area contributed by atoms with E-state index in [-0.39, 0.29) is 6.79 Å². The van der Waals surface area contributed by atoms with E-state index in [1.54, 1.807) is 0 Å². The Labute approximate surface area is 170 Å². The number of fused-ring (bicyclic) bond motifs is 2. The quantitative estimate of drug-likeness (QED) is 0.268. The Kier molecular flexibility index (Phi) is 6.58. The van der Waals surface area contributed by atoms with Crippen molar-refractivity contribution in [2.45, 2.75) is 0 Å². The fourth-order valence-corrected chi connectivity index (χ4v) is 3.13. The molecule has 0 saturated heterocycles. The highest BCUT2D eigenvalue weighted by molar-refractivity contribution is 5.84. The first-order valence-electron chi connectivity index (χ1n) is 9.77. The predicted molar refractivity (Wildman–Crippen MR) is 116 cm³/mol. The van der Waals surface area contributed by atoms with Crippen LogP contribution in [0.15, 0.2) is 84.9 Å². The molecule has 0 spiro atoms. The molecule has 0 aliphatic carbocycles. The van der Waals surface area contributed by atoms with Crippen molar-refractivity contribution < 1.29 is 18.9 Å². The molecule has 0 N–H and O–H groups in total. The summed E-state index contributed by atoms with van der Waals surface area (Å²) in [6, 6.07) is 28.6.